The van der Waals surface area contributed by atoms with Gasteiger partial charge in [-0.15, -0.1) is 0 Å². The number of aliphatic hydroxyl groups excluding tert-OH is 1. The molecular weight excluding hydrogens is 288 g/mol. The second-order valence-electron chi connectivity index (χ2n) is 4.91. The van der Waals surface area contributed by atoms with Crippen LogP contribution in [-0.2, 0) is 19.6 Å². The van der Waals surface area contributed by atoms with Crippen LogP contribution in [0.2, 0.25) is 5.02 Å². The molecule has 114 valence electrons. The highest BCUT2D eigenvalue weighted by atomic mass is 35.5. The molecule has 0 radical (unpaired) electrons. The molecule has 0 aliphatic rings. The summed E-state index contributed by atoms with van der Waals surface area (Å²) in [6.45, 7) is 6.91. The summed E-state index contributed by atoms with van der Waals surface area (Å²) >= 11 is 6.35. The summed E-state index contributed by atoms with van der Waals surface area (Å²) in [5, 5.41) is 14.8. The Labute approximate surface area is 130 Å². The standard InChI is InChI=1S/C16H21ClN2O2/c1-4-14-16(17)15(19(5-2)18-14)10-21-13-8-6-7-12(9-13)11(3)20/h6-9,11,20H,4-5,10H2,1-3H3. The molecule has 1 aromatic heterocycles. The van der Waals surface area contributed by atoms with E-state index in [0.717, 1.165) is 29.9 Å². The van der Waals surface area contributed by atoms with Crippen molar-refractivity contribution in [1.29, 1.82) is 0 Å². The third-order valence-electron chi connectivity index (χ3n) is 3.41. The molecule has 0 aliphatic heterocycles. The molecular formula is C16H21ClN2O2. The monoisotopic (exact) mass is 308 g/mol. The molecule has 2 rings (SSSR count). The van der Waals surface area contributed by atoms with E-state index < -0.39 is 6.10 Å². The molecule has 0 saturated heterocycles. The van der Waals surface area contributed by atoms with Crippen molar-refractivity contribution in [3.05, 3.63) is 46.2 Å². The summed E-state index contributed by atoms with van der Waals surface area (Å²) in [5.74, 6) is 0.714. The van der Waals surface area contributed by atoms with Gasteiger partial charge in [-0.05, 0) is 38.0 Å². The number of nitrogens with zero attached hydrogens (tertiary/aromatic N) is 2. The first-order valence-corrected chi connectivity index (χ1v) is 7.59. The van der Waals surface area contributed by atoms with E-state index in [1.165, 1.54) is 0 Å². The number of hydrogen-bond acceptors (Lipinski definition) is 3. The summed E-state index contributed by atoms with van der Waals surface area (Å²) in [4.78, 5) is 0. The van der Waals surface area contributed by atoms with Crippen LogP contribution < -0.4 is 4.74 Å². The van der Waals surface area contributed by atoms with Crippen molar-refractivity contribution in [1.82, 2.24) is 9.78 Å². The Morgan fingerprint density at radius 2 is 2.14 bits per heavy atom. The number of benzene rings is 1. The molecule has 1 atom stereocenters. The lowest BCUT2D eigenvalue weighted by Gasteiger charge is -2.10. The number of hydrogen-bond donors (Lipinski definition) is 1. The number of rotatable bonds is 6. The van der Waals surface area contributed by atoms with Gasteiger partial charge in [0, 0.05) is 6.54 Å². The lowest BCUT2D eigenvalue weighted by Crippen LogP contribution is -2.06. The van der Waals surface area contributed by atoms with Crippen LogP contribution in [-0.4, -0.2) is 14.9 Å². The average Bonchev–Trinajstić information content (AvgIpc) is 2.81. The molecule has 1 unspecified atom stereocenters. The lowest BCUT2D eigenvalue weighted by molar-refractivity contribution is 0.198. The SMILES string of the molecule is CCc1nn(CC)c(COc2cccc(C(C)O)c2)c1Cl. The third-order valence-corrected chi connectivity index (χ3v) is 3.85. The van der Waals surface area contributed by atoms with Crippen molar-refractivity contribution in [3.63, 3.8) is 0 Å². The second kappa shape index (κ2) is 6.96. The van der Waals surface area contributed by atoms with Crippen molar-refractivity contribution in [2.75, 3.05) is 0 Å². The van der Waals surface area contributed by atoms with Gasteiger partial charge in [0.2, 0.25) is 0 Å². The Morgan fingerprint density at radius 3 is 2.76 bits per heavy atom. The Balaban J connectivity index is 2.16. The van der Waals surface area contributed by atoms with Gasteiger partial charge in [-0.1, -0.05) is 30.7 Å². The van der Waals surface area contributed by atoms with E-state index in [-0.39, 0.29) is 0 Å². The predicted octanol–water partition coefficient (Wildman–Crippen LogP) is 3.75. The molecule has 1 aromatic carbocycles. The third kappa shape index (κ3) is 3.57. The van der Waals surface area contributed by atoms with Gasteiger partial charge in [0.15, 0.2) is 0 Å². The fraction of sp³-hybridized carbons (Fsp3) is 0.438. The Kier molecular flexibility index (Phi) is 5.26. The van der Waals surface area contributed by atoms with E-state index in [2.05, 4.69) is 5.10 Å². The van der Waals surface area contributed by atoms with Crippen LogP contribution in [0.15, 0.2) is 24.3 Å². The molecule has 4 nitrogen and oxygen atoms in total. The summed E-state index contributed by atoms with van der Waals surface area (Å²) in [5.41, 5.74) is 2.62. The lowest BCUT2D eigenvalue weighted by atomic mass is 10.1. The topological polar surface area (TPSA) is 47.3 Å². The minimum absolute atomic E-state index is 0.364. The highest BCUT2D eigenvalue weighted by molar-refractivity contribution is 6.31. The fourth-order valence-corrected chi connectivity index (χ4v) is 2.49. The molecule has 5 heteroatoms. The average molecular weight is 309 g/mol. The molecule has 0 aliphatic carbocycles. The first-order valence-electron chi connectivity index (χ1n) is 7.21. The maximum atomic E-state index is 9.60. The van der Waals surface area contributed by atoms with Gasteiger partial charge in [-0.3, -0.25) is 4.68 Å². The Hall–Kier alpha value is -1.52. The van der Waals surface area contributed by atoms with Gasteiger partial charge in [-0.2, -0.15) is 5.10 Å². The summed E-state index contributed by atoms with van der Waals surface area (Å²) in [7, 11) is 0. The minimum atomic E-state index is -0.509. The molecule has 1 heterocycles. The second-order valence-corrected chi connectivity index (χ2v) is 5.29. The Bertz CT molecular complexity index is 608. The Morgan fingerprint density at radius 1 is 1.38 bits per heavy atom. The van der Waals surface area contributed by atoms with Crippen molar-refractivity contribution in [3.8, 4) is 5.75 Å². The zero-order chi connectivity index (χ0) is 15.4. The van der Waals surface area contributed by atoms with Crippen LogP contribution in [0.25, 0.3) is 0 Å². The van der Waals surface area contributed by atoms with E-state index in [4.69, 9.17) is 16.3 Å². The first kappa shape index (κ1) is 15.9. The molecule has 2 aromatic rings. The molecule has 21 heavy (non-hydrogen) atoms. The van der Waals surface area contributed by atoms with Crippen LogP contribution in [0.4, 0.5) is 0 Å². The highest BCUT2D eigenvalue weighted by Crippen LogP contribution is 2.24. The van der Waals surface area contributed by atoms with E-state index in [9.17, 15) is 5.11 Å². The number of aliphatic hydroxyl groups is 1. The first-order chi connectivity index (χ1) is 10.1. The highest BCUT2D eigenvalue weighted by Gasteiger charge is 2.15. The van der Waals surface area contributed by atoms with Gasteiger partial charge in [0.05, 0.1) is 22.5 Å². The van der Waals surface area contributed by atoms with Crippen LogP contribution >= 0.6 is 11.6 Å². The number of ether oxygens (including phenoxy) is 1. The normalized spacial score (nSPS) is 12.4. The minimum Gasteiger partial charge on any atom is -0.487 e. The maximum absolute atomic E-state index is 9.60. The number of aromatic nitrogens is 2. The predicted molar refractivity (Wildman–Crippen MR) is 83.7 cm³/mol. The van der Waals surface area contributed by atoms with Gasteiger partial charge in [-0.25, -0.2) is 0 Å². The van der Waals surface area contributed by atoms with E-state index in [1.54, 1.807) is 6.92 Å². The largest absolute Gasteiger partial charge is 0.487 e. The van der Waals surface area contributed by atoms with Crippen LogP contribution in [0.1, 0.15) is 43.8 Å². The van der Waals surface area contributed by atoms with Crippen LogP contribution in [0.3, 0.4) is 0 Å². The smallest absolute Gasteiger partial charge is 0.131 e. The maximum Gasteiger partial charge on any atom is 0.131 e. The van der Waals surface area contributed by atoms with Crippen molar-refractivity contribution < 1.29 is 9.84 Å². The van der Waals surface area contributed by atoms with Crippen molar-refractivity contribution in [2.24, 2.45) is 0 Å². The van der Waals surface area contributed by atoms with Crippen LogP contribution in [0, 0.1) is 0 Å². The molecule has 0 bridgehead atoms. The van der Waals surface area contributed by atoms with Gasteiger partial charge < -0.3 is 9.84 Å². The van der Waals surface area contributed by atoms with Crippen LogP contribution in [0.5, 0.6) is 5.75 Å². The fourth-order valence-electron chi connectivity index (χ4n) is 2.17. The van der Waals surface area contributed by atoms with Crippen molar-refractivity contribution in [2.45, 2.75) is 46.4 Å². The summed E-state index contributed by atoms with van der Waals surface area (Å²) in [6, 6.07) is 7.45. The zero-order valence-corrected chi connectivity index (χ0v) is 13.4. The summed E-state index contributed by atoms with van der Waals surface area (Å²) in [6.07, 6.45) is 0.293. The van der Waals surface area contributed by atoms with Gasteiger partial charge in [0.1, 0.15) is 12.4 Å². The molecule has 0 fully saturated rings. The molecule has 0 saturated carbocycles. The summed E-state index contributed by atoms with van der Waals surface area (Å²) < 4.78 is 7.68. The molecule has 0 spiro atoms. The molecule has 0 amide bonds. The van der Waals surface area contributed by atoms with E-state index >= 15 is 0 Å². The van der Waals surface area contributed by atoms with Gasteiger partial charge >= 0.3 is 0 Å². The van der Waals surface area contributed by atoms with E-state index in [0.29, 0.717) is 17.4 Å². The van der Waals surface area contributed by atoms with Crippen molar-refractivity contribution >= 4 is 11.6 Å². The quantitative estimate of drug-likeness (QED) is 0.884. The molecule has 1 N–H and O–H groups in total. The number of halogens is 1. The van der Waals surface area contributed by atoms with Gasteiger partial charge in [0.25, 0.3) is 0 Å². The number of aryl methyl sites for hydroxylation is 2. The zero-order valence-electron chi connectivity index (χ0n) is 12.6. The van der Waals surface area contributed by atoms with E-state index in [1.807, 2.05) is 42.8 Å².